The Morgan fingerprint density at radius 3 is 1.45 bits per heavy atom. The highest BCUT2D eigenvalue weighted by molar-refractivity contribution is 8.29. The van der Waals surface area contributed by atoms with Crippen LogP contribution in [0.5, 0.6) is 11.5 Å². The lowest BCUT2D eigenvalue weighted by atomic mass is 10.2. The Morgan fingerprint density at radius 2 is 1.11 bits per heavy atom. The third-order valence-electron chi connectivity index (χ3n) is 5.96. The number of rotatable bonds is 10. The summed E-state index contributed by atoms with van der Waals surface area (Å²) < 4.78 is 0.134. The van der Waals surface area contributed by atoms with E-state index in [0.29, 0.717) is 0 Å². The van der Waals surface area contributed by atoms with E-state index in [9.17, 15) is 49.6 Å². The lowest BCUT2D eigenvalue weighted by Crippen LogP contribution is -2.33. The molecule has 2 heterocycles. The van der Waals surface area contributed by atoms with E-state index in [1.807, 2.05) is 0 Å². The fourth-order valence-corrected chi connectivity index (χ4v) is 6.55. The van der Waals surface area contributed by atoms with Crippen molar-refractivity contribution in [2.75, 3.05) is 23.7 Å². The van der Waals surface area contributed by atoms with Crippen molar-refractivity contribution in [3.63, 3.8) is 0 Å². The molecule has 0 spiro atoms. The molecule has 2 fully saturated rings. The van der Waals surface area contributed by atoms with Gasteiger partial charge in [-0.3, -0.25) is 49.2 Å². The molecule has 0 unspecified atom stereocenters. The van der Waals surface area contributed by atoms with Gasteiger partial charge in [0.05, 0.1) is 31.0 Å². The SMILES string of the molecule is O=C(CCN1C(=O)/C(=C2\SC(=S)N(CCC(=O)Nc3cc([N+](=O)[O-])ccc3O)C2=O)SC1=S)Nc1cc([N+](=O)[O-])ccc1O. The summed E-state index contributed by atoms with van der Waals surface area (Å²) in [6, 6.07) is 6.20. The van der Waals surface area contributed by atoms with E-state index in [1.165, 1.54) is 0 Å². The van der Waals surface area contributed by atoms with Crippen molar-refractivity contribution in [2.45, 2.75) is 12.8 Å². The smallest absolute Gasteiger partial charge is 0.271 e. The molecule has 2 aliphatic heterocycles. The minimum atomic E-state index is -0.696. The highest BCUT2D eigenvalue weighted by atomic mass is 32.2. The highest BCUT2D eigenvalue weighted by Gasteiger charge is 2.42. The molecule has 20 heteroatoms. The van der Waals surface area contributed by atoms with Gasteiger partial charge >= 0.3 is 0 Å². The van der Waals surface area contributed by atoms with Crippen molar-refractivity contribution in [3.05, 3.63) is 66.4 Å². The van der Waals surface area contributed by atoms with Gasteiger partial charge < -0.3 is 20.8 Å². The third-order valence-corrected chi connectivity index (χ3v) is 8.99. The number of non-ortho nitro benzene ring substituents is 2. The summed E-state index contributed by atoms with van der Waals surface area (Å²) in [6.45, 7) is -0.388. The van der Waals surface area contributed by atoms with E-state index in [0.717, 1.165) is 69.7 Å². The zero-order valence-electron chi connectivity index (χ0n) is 21.9. The average Bonchev–Trinajstić information content (AvgIpc) is 3.40. The molecule has 4 rings (SSSR count). The van der Waals surface area contributed by atoms with E-state index >= 15 is 0 Å². The van der Waals surface area contributed by atoms with Crippen LogP contribution in [0.15, 0.2) is 46.2 Å². The molecule has 2 aromatic rings. The maximum Gasteiger partial charge on any atom is 0.271 e. The minimum Gasteiger partial charge on any atom is -0.506 e. The first kappa shape index (κ1) is 32.3. The number of hydrogen-bond donors (Lipinski definition) is 4. The van der Waals surface area contributed by atoms with E-state index in [1.54, 1.807) is 0 Å². The number of nitrogens with zero attached hydrogens (tertiary/aromatic N) is 4. The number of benzene rings is 2. The normalized spacial score (nSPS) is 16.5. The molecule has 2 aliphatic rings. The van der Waals surface area contributed by atoms with Gasteiger partial charge in [-0.1, -0.05) is 48.0 Å². The van der Waals surface area contributed by atoms with Crippen molar-refractivity contribution in [1.82, 2.24) is 9.80 Å². The molecule has 0 bridgehead atoms. The standard InChI is InChI=1S/C24H18N6O10S4/c31-15-3-1-11(29(37)38)9-13(15)25-17(33)5-7-27-21(35)19(43-23(27)41)20-22(36)28(24(42)44-20)8-6-18(34)26-14-10-12(30(39)40)2-4-16(14)32/h1-4,9-10,31-32H,5-8H2,(H,25,33)(H,26,34)/b20-19+. The van der Waals surface area contributed by atoms with Crippen molar-refractivity contribution >= 4 is 103 Å². The summed E-state index contributed by atoms with van der Waals surface area (Å²) in [5.41, 5.74) is -1.08. The Labute approximate surface area is 265 Å². The lowest BCUT2D eigenvalue weighted by molar-refractivity contribution is -0.385. The number of carbonyl (C=O) groups excluding carboxylic acids is 4. The number of thiocarbonyl (C=S) groups is 2. The second-order valence-corrected chi connectivity index (χ2v) is 12.1. The van der Waals surface area contributed by atoms with Gasteiger partial charge in [-0.2, -0.15) is 0 Å². The number of nitro benzene ring substituents is 2. The quantitative estimate of drug-likeness (QED) is 0.0931. The van der Waals surface area contributed by atoms with Gasteiger partial charge in [0.15, 0.2) is 0 Å². The van der Waals surface area contributed by atoms with Crippen molar-refractivity contribution in [1.29, 1.82) is 0 Å². The van der Waals surface area contributed by atoms with Crippen LogP contribution in [-0.2, 0) is 19.2 Å². The second kappa shape index (κ2) is 13.3. The van der Waals surface area contributed by atoms with Gasteiger partial charge in [-0.25, -0.2) is 0 Å². The maximum atomic E-state index is 13.1. The number of aromatic hydroxyl groups is 2. The topological polar surface area (TPSA) is 226 Å². The van der Waals surface area contributed by atoms with Crippen LogP contribution >= 0.6 is 48.0 Å². The van der Waals surface area contributed by atoms with Crippen molar-refractivity contribution in [2.24, 2.45) is 0 Å². The van der Waals surface area contributed by atoms with Crippen LogP contribution in [0.4, 0.5) is 22.7 Å². The molecule has 16 nitrogen and oxygen atoms in total. The highest BCUT2D eigenvalue weighted by Crippen LogP contribution is 2.42. The van der Waals surface area contributed by atoms with Crippen LogP contribution in [0, 0.1) is 20.2 Å². The number of carbonyl (C=O) groups is 4. The molecule has 2 saturated heterocycles. The largest absolute Gasteiger partial charge is 0.506 e. The number of nitro groups is 2. The van der Waals surface area contributed by atoms with Crippen molar-refractivity contribution < 1.29 is 39.2 Å². The molecule has 0 aliphatic carbocycles. The zero-order chi connectivity index (χ0) is 32.3. The summed E-state index contributed by atoms with van der Waals surface area (Å²) in [5.74, 6) is -3.42. The predicted molar refractivity (Wildman–Crippen MR) is 167 cm³/mol. The Bertz CT molecular complexity index is 1580. The van der Waals surface area contributed by atoms with Gasteiger partial charge in [-0.05, 0) is 12.1 Å². The van der Waals surface area contributed by atoms with E-state index in [2.05, 4.69) is 10.6 Å². The monoisotopic (exact) mass is 678 g/mol. The van der Waals surface area contributed by atoms with E-state index in [-0.39, 0.29) is 67.1 Å². The van der Waals surface area contributed by atoms with Gasteiger partial charge in [0.2, 0.25) is 11.8 Å². The van der Waals surface area contributed by atoms with Gasteiger partial charge in [0, 0.05) is 50.2 Å². The van der Waals surface area contributed by atoms with Crippen LogP contribution in [0.3, 0.4) is 0 Å². The molecule has 0 radical (unpaired) electrons. The fourth-order valence-electron chi connectivity index (χ4n) is 3.78. The first-order valence-corrected chi connectivity index (χ1v) is 14.6. The first-order valence-electron chi connectivity index (χ1n) is 12.1. The summed E-state index contributed by atoms with van der Waals surface area (Å²) in [6.07, 6.45) is -0.587. The Kier molecular flexibility index (Phi) is 9.77. The number of nitrogens with one attached hydrogen (secondary N) is 2. The number of phenolic OH excluding ortho intramolecular Hbond substituents is 2. The molecule has 44 heavy (non-hydrogen) atoms. The summed E-state index contributed by atoms with van der Waals surface area (Å²) in [4.78, 5) is 73.9. The lowest BCUT2D eigenvalue weighted by Gasteiger charge is -2.15. The summed E-state index contributed by atoms with van der Waals surface area (Å²) >= 11 is 12.2. The Morgan fingerprint density at radius 1 is 0.750 bits per heavy atom. The van der Waals surface area contributed by atoms with Gasteiger partial charge in [-0.15, -0.1) is 0 Å². The fraction of sp³-hybridized carbons (Fsp3) is 0.167. The third kappa shape index (κ3) is 7.10. The molecule has 0 aromatic heterocycles. The number of amides is 4. The zero-order valence-corrected chi connectivity index (χ0v) is 25.1. The average molecular weight is 679 g/mol. The summed E-state index contributed by atoms with van der Waals surface area (Å²) in [7, 11) is 0. The Balaban J connectivity index is 1.36. The second-order valence-electron chi connectivity index (χ2n) is 8.82. The Hall–Kier alpha value is -4.66. The number of thioether (sulfide) groups is 2. The molecular formula is C24H18N6O10S4. The molecular weight excluding hydrogens is 661 g/mol. The van der Waals surface area contributed by atoms with E-state index in [4.69, 9.17) is 24.4 Å². The van der Waals surface area contributed by atoms with Crippen LogP contribution < -0.4 is 10.6 Å². The number of hydrogen-bond acceptors (Lipinski definition) is 14. The van der Waals surface area contributed by atoms with Crippen LogP contribution in [0.1, 0.15) is 12.8 Å². The first-order chi connectivity index (χ1) is 20.8. The molecule has 228 valence electrons. The minimum absolute atomic E-state index is 0.0162. The number of anilines is 2. The van der Waals surface area contributed by atoms with Gasteiger partial charge in [0.1, 0.15) is 20.1 Å². The molecule has 4 N–H and O–H groups in total. The summed E-state index contributed by atoms with van der Waals surface area (Å²) in [5, 5.41) is 46.4. The van der Waals surface area contributed by atoms with Crippen LogP contribution in [0.2, 0.25) is 0 Å². The van der Waals surface area contributed by atoms with Crippen LogP contribution in [0.25, 0.3) is 0 Å². The van der Waals surface area contributed by atoms with Crippen molar-refractivity contribution in [3.8, 4) is 11.5 Å². The maximum absolute atomic E-state index is 13.1. The molecule has 0 atom stereocenters. The van der Waals surface area contributed by atoms with Crippen LogP contribution in [-0.4, -0.2) is 75.2 Å². The molecule has 0 saturated carbocycles. The molecule has 4 amide bonds. The molecule has 2 aromatic carbocycles. The van der Waals surface area contributed by atoms with E-state index < -0.39 is 45.0 Å². The number of phenols is 2. The van der Waals surface area contributed by atoms with Gasteiger partial charge in [0.25, 0.3) is 23.2 Å². The predicted octanol–water partition coefficient (Wildman–Crippen LogP) is 3.20.